The van der Waals surface area contributed by atoms with Gasteiger partial charge in [0.05, 0.1) is 19.6 Å². The number of nitriles is 1. The van der Waals surface area contributed by atoms with E-state index in [1.165, 1.54) is 6.07 Å². The number of hydrogen-bond acceptors (Lipinski definition) is 2. The van der Waals surface area contributed by atoms with Crippen molar-refractivity contribution in [3.8, 4) is 22.9 Å². The third kappa shape index (κ3) is 2.86. The van der Waals surface area contributed by atoms with E-state index in [0.29, 0.717) is 21.9 Å². The van der Waals surface area contributed by atoms with Crippen LogP contribution in [0.2, 0.25) is 5.02 Å². The molecule has 0 unspecified atom stereocenters. The van der Waals surface area contributed by atoms with Gasteiger partial charge in [-0.25, -0.2) is 4.39 Å². The Hall–Kier alpha value is -2.05. The zero-order valence-electron chi connectivity index (χ0n) is 10.3. The lowest BCUT2D eigenvalue weighted by Crippen LogP contribution is -1.93. The molecule has 4 heteroatoms. The summed E-state index contributed by atoms with van der Waals surface area (Å²) in [6.45, 7) is 0. The van der Waals surface area contributed by atoms with Crippen molar-refractivity contribution in [1.29, 1.82) is 5.26 Å². The van der Waals surface area contributed by atoms with Gasteiger partial charge in [0.15, 0.2) is 0 Å². The van der Waals surface area contributed by atoms with Crippen LogP contribution in [-0.2, 0) is 6.42 Å². The number of benzene rings is 2. The average Bonchev–Trinajstić information content (AvgIpc) is 2.39. The van der Waals surface area contributed by atoms with E-state index in [1.807, 2.05) is 0 Å². The Labute approximate surface area is 116 Å². The van der Waals surface area contributed by atoms with E-state index in [4.69, 9.17) is 21.6 Å². The second kappa shape index (κ2) is 5.73. The Balaban J connectivity index is 2.51. The molecule has 96 valence electrons. The molecular weight excluding hydrogens is 265 g/mol. The SMILES string of the molecule is COc1ccc(-c2ccc(Cl)cc2F)cc1CC#N. The van der Waals surface area contributed by atoms with E-state index in [0.717, 1.165) is 5.56 Å². The second-order valence-corrected chi connectivity index (χ2v) is 4.42. The summed E-state index contributed by atoms with van der Waals surface area (Å²) in [7, 11) is 1.54. The Morgan fingerprint density at radius 2 is 2.05 bits per heavy atom. The lowest BCUT2D eigenvalue weighted by molar-refractivity contribution is 0.411. The minimum absolute atomic E-state index is 0.215. The number of hydrogen-bond donors (Lipinski definition) is 0. The van der Waals surface area contributed by atoms with Crippen LogP contribution in [0.25, 0.3) is 11.1 Å². The molecular formula is C15H11ClFNO. The van der Waals surface area contributed by atoms with E-state index >= 15 is 0 Å². The molecule has 2 aromatic carbocycles. The molecule has 2 aromatic rings. The first-order chi connectivity index (χ1) is 9.15. The molecule has 0 aliphatic rings. The highest BCUT2D eigenvalue weighted by Gasteiger charge is 2.09. The van der Waals surface area contributed by atoms with Crippen molar-refractivity contribution in [3.63, 3.8) is 0 Å². The fourth-order valence-electron chi connectivity index (χ4n) is 1.89. The van der Waals surface area contributed by atoms with E-state index < -0.39 is 0 Å². The van der Waals surface area contributed by atoms with Crippen LogP contribution in [0.5, 0.6) is 5.75 Å². The summed E-state index contributed by atoms with van der Waals surface area (Å²) in [5.41, 5.74) is 1.88. The van der Waals surface area contributed by atoms with Crippen LogP contribution in [0.3, 0.4) is 0 Å². The summed E-state index contributed by atoms with van der Waals surface area (Å²) in [4.78, 5) is 0. The molecule has 0 N–H and O–H groups in total. The van der Waals surface area contributed by atoms with Crippen LogP contribution in [0.4, 0.5) is 4.39 Å². The lowest BCUT2D eigenvalue weighted by atomic mass is 10.0. The Bertz CT molecular complexity index is 649. The number of methoxy groups -OCH3 is 1. The minimum atomic E-state index is -0.388. The molecule has 2 nitrogen and oxygen atoms in total. The molecule has 0 radical (unpaired) electrons. The summed E-state index contributed by atoms with van der Waals surface area (Å²) in [5.74, 6) is 0.236. The number of ether oxygens (including phenoxy) is 1. The molecule has 0 amide bonds. The standard InChI is InChI=1S/C15H11ClFNO/c1-19-15-5-2-10(8-11(15)6-7-18)13-4-3-12(16)9-14(13)17/h2-5,8-9H,6H2,1H3. The minimum Gasteiger partial charge on any atom is -0.496 e. The van der Waals surface area contributed by atoms with Crippen LogP contribution in [0.1, 0.15) is 5.56 Å². The molecule has 0 aliphatic heterocycles. The summed E-state index contributed by atoms with van der Waals surface area (Å²) >= 11 is 5.73. The molecule has 0 aromatic heterocycles. The van der Waals surface area contributed by atoms with Crippen molar-refractivity contribution < 1.29 is 9.13 Å². The topological polar surface area (TPSA) is 33.0 Å². The third-order valence-corrected chi connectivity index (χ3v) is 3.03. The maximum absolute atomic E-state index is 13.9. The third-order valence-electron chi connectivity index (χ3n) is 2.79. The van der Waals surface area contributed by atoms with Crippen LogP contribution >= 0.6 is 11.6 Å². The monoisotopic (exact) mass is 275 g/mol. The molecule has 0 heterocycles. The van der Waals surface area contributed by atoms with Crippen LogP contribution in [0, 0.1) is 17.1 Å². The summed E-state index contributed by atoms with van der Waals surface area (Å²) in [6.07, 6.45) is 0.215. The van der Waals surface area contributed by atoms with E-state index in [9.17, 15) is 4.39 Å². The van der Waals surface area contributed by atoms with E-state index in [1.54, 1.807) is 37.4 Å². The van der Waals surface area contributed by atoms with Gasteiger partial charge in [0.2, 0.25) is 0 Å². The molecule has 0 bridgehead atoms. The van der Waals surface area contributed by atoms with Crippen molar-refractivity contribution >= 4 is 11.6 Å². The van der Waals surface area contributed by atoms with Gasteiger partial charge in [0.1, 0.15) is 11.6 Å². The van der Waals surface area contributed by atoms with Crippen LogP contribution < -0.4 is 4.74 Å². The summed E-state index contributed by atoms with van der Waals surface area (Å²) < 4.78 is 19.0. The predicted molar refractivity (Wildman–Crippen MR) is 72.7 cm³/mol. The quantitative estimate of drug-likeness (QED) is 0.840. The van der Waals surface area contributed by atoms with Crippen molar-refractivity contribution in [3.05, 3.63) is 52.8 Å². The van der Waals surface area contributed by atoms with Crippen LogP contribution in [0.15, 0.2) is 36.4 Å². The number of rotatable bonds is 3. The van der Waals surface area contributed by atoms with Gasteiger partial charge >= 0.3 is 0 Å². The van der Waals surface area contributed by atoms with Gasteiger partial charge in [-0.15, -0.1) is 0 Å². The largest absolute Gasteiger partial charge is 0.496 e. The molecule has 0 fully saturated rings. The van der Waals surface area contributed by atoms with Crippen molar-refractivity contribution in [2.75, 3.05) is 7.11 Å². The summed E-state index contributed by atoms with van der Waals surface area (Å²) in [5, 5.41) is 9.15. The van der Waals surface area contributed by atoms with Gasteiger partial charge < -0.3 is 4.74 Å². The Morgan fingerprint density at radius 1 is 1.26 bits per heavy atom. The van der Waals surface area contributed by atoms with Gasteiger partial charge in [-0.1, -0.05) is 17.7 Å². The average molecular weight is 276 g/mol. The van der Waals surface area contributed by atoms with Gasteiger partial charge in [-0.2, -0.15) is 5.26 Å². The maximum atomic E-state index is 13.9. The van der Waals surface area contributed by atoms with E-state index in [2.05, 4.69) is 6.07 Å². The molecule has 2 rings (SSSR count). The molecule has 19 heavy (non-hydrogen) atoms. The zero-order valence-corrected chi connectivity index (χ0v) is 11.0. The van der Waals surface area contributed by atoms with Gasteiger partial charge in [-0.05, 0) is 35.9 Å². The summed E-state index contributed by atoms with van der Waals surface area (Å²) in [6, 6.07) is 11.8. The van der Waals surface area contributed by atoms with Gasteiger partial charge in [-0.3, -0.25) is 0 Å². The molecule has 0 atom stereocenters. The highest BCUT2D eigenvalue weighted by molar-refractivity contribution is 6.30. The first kappa shape index (κ1) is 13.4. The first-order valence-corrected chi connectivity index (χ1v) is 6.03. The van der Waals surface area contributed by atoms with E-state index in [-0.39, 0.29) is 12.2 Å². The normalized spacial score (nSPS) is 10.0. The fourth-order valence-corrected chi connectivity index (χ4v) is 2.05. The molecule has 0 aliphatic carbocycles. The number of nitrogens with zero attached hydrogens (tertiary/aromatic N) is 1. The van der Waals surface area contributed by atoms with Gasteiger partial charge in [0, 0.05) is 16.1 Å². The van der Waals surface area contributed by atoms with Crippen molar-refractivity contribution in [2.45, 2.75) is 6.42 Å². The molecule has 0 saturated heterocycles. The predicted octanol–water partition coefficient (Wildman–Crippen LogP) is 4.22. The molecule has 0 spiro atoms. The maximum Gasteiger partial charge on any atom is 0.132 e. The highest BCUT2D eigenvalue weighted by Crippen LogP contribution is 2.29. The smallest absolute Gasteiger partial charge is 0.132 e. The Morgan fingerprint density at radius 3 is 2.68 bits per heavy atom. The zero-order chi connectivity index (χ0) is 13.8. The highest BCUT2D eigenvalue weighted by atomic mass is 35.5. The lowest BCUT2D eigenvalue weighted by Gasteiger charge is -2.09. The van der Waals surface area contributed by atoms with Crippen molar-refractivity contribution in [2.24, 2.45) is 0 Å². The van der Waals surface area contributed by atoms with Crippen LogP contribution in [-0.4, -0.2) is 7.11 Å². The van der Waals surface area contributed by atoms with Crippen molar-refractivity contribution in [1.82, 2.24) is 0 Å². The number of halogens is 2. The Kier molecular flexibility index (Phi) is 4.03. The fraction of sp³-hybridized carbons (Fsp3) is 0.133. The second-order valence-electron chi connectivity index (χ2n) is 3.99. The van der Waals surface area contributed by atoms with Gasteiger partial charge in [0.25, 0.3) is 0 Å². The first-order valence-electron chi connectivity index (χ1n) is 5.65. The molecule has 0 saturated carbocycles.